The number of ether oxygens (including phenoxy) is 5. The maximum atomic E-state index is 14.4. The molecular formula is C30H31N5O7. The molecule has 2 aliphatic rings. The lowest BCUT2D eigenvalue weighted by molar-refractivity contribution is -0.127. The van der Waals surface area contributed by atoms with Crippen molar-refractivity contribution in [3.05, 3.63) is 66.2 Å². The van der Waals surface area contributed by atoms with E-state index in [1.807, 2.05) is 24.3 Å². The van der Waals surface area contributed by atoms with Gasteiger partial charge in [0.05, 0.1) is 25.8 Å². The van der Waals surface area contributed by atoms with E-state index in [0.717, 1.165) is 12.8 Å². The van der Waals surface area contributed by atoms with Crippen molar-refractivity contribution in [3.63, 3.8) is 0 Å². The summed E-state index contributed by atoms with van der Waals surface area (Å²) >= 11 is 0. The van der Waals surface area contributed by atoms with Gasteiger partial charge in [-0.05, 0) is 43.2 Å². The molecule has 0 bridgehead atoms. The zero-order valence-corrected chi connectivity index (χ0v) is 23.3. The Labute approximate surface area is 242 Å². The first-order chi connectivity index (χ1) is 20.6. The fourth-order valence-corrected chi connectivity index (χ4v) is 5.35. The molecule has 0 unspecified atom stereocenters. The van der Waals surface area contributed by atoms with Gasteiger partial charge in [0.15, 0.2) is 23.0 Å². The minimum absolute atomic E-state index is 0.0622. The van der Waals surface area contributed by atoms with E-state index in [4.69, 9.17) is 23.7 Å². The summed E-state index contributed by atoms with van der Waals surface area (Å²) in [5, 5.41) is 11.4. The fourth-order valence-electron chi connectivity index (χ4n) is 5.35. The number of methoxy groups -OCH3 is 2. The lowest BCUT2D eigenvalue weighted by Gasteiger charge is -2.33. The average Bonchev–Trinajstić information content (AvgIpc) is 3.79. The van der Waals surface area contributed by atoms with Crippen LogP contribution in [0, 0.1) is 0 Å². The average molecular weight is 574 g/mol. The second-order valence-electron chi connectivity index (χ2n) is 9.90. The first-order valence-electron chi connectivity index (χ1n) is 13.7. The van der Waals surface area contributed by atoms with E-state index >= 15 is 0 Å². The first-order valence-corrected chi connectivity index (χ1v) is 13.7. The van der Waals surface area contributed by atoms with E-state index in [-0.39, 0.29) is 19.4 Å². The van der Waals surface area contributed by atoms with Crippen molar-refractivity contribution < 1.29 is 33.3 Å². The molecule has 1 N–H and O–H groups in total. The minimum atomic E-state index is -1.15. The molecule has 2 amide bonds. The highest BCUT2D eigenvalue weighted by molar-refractivity contribution is 6.02. The fraction of sp³-hybridized carbons (Fsp3) is 0.333. The van der Waals surface area contributed by atoms with Crippen molar-refractivity contribution in [1.82, 2.24) is 20.3 Å². The summed E-state index contributed by atoms with van der Waals surface area (Å²) in [6, 6.07) is 16.6. The highest BCUT2D eigenvalue weighted by Gasteiger charge is 2.37. The maximum Gasteiger partial charge on any atom is 0.249 e. The minimum Gasteiger partial charge on any atom is -0.493 e. The van der Waals surface area contributed by atoms with Gasteiger partial charge in [-0.2, -0.15) is 0 Å². The van der Waals surface area contributed by atoms with Gasteiger partial charge in [0.2, 0.25) is 18.6 Å². The number of anilines is 1. The predicted molar refractivity (Wildman–Crippen MR) is 152 cm³/mol. The molecule has 1 fully saturated rings. The molecular weight excluding hydrogens is 542 g/mol. The second-order valence-corrected chi connectivity index (χ2v) is 9.90. The highest BCUT2D eigenvalue weighted by atomic mass is 16.7. The van der Waals surface area contributed by atoms with Crippen LogP contribution in [0.4, 0.5) is 5.69 Å². The summed E-state index contributed by atoms with van der Waals surface area (Å²) in [6.07, 6.45) is 1.68. The lowest BCUT2D eigenvalue weighted by Crippen LogP contribution is -2.46. The number of aromatic nitrogens is 3. The lowest BCUT2D eigenvalue weighted by atomic mass is 10.0. The second kappa shape index (κ2) is 12.0. The van der Waals surface area contributed by atoms with Crippen molar-refractivity contribution in [3.8, 4) is 23.0 Å². The molecule has 218 valence electrons. The Morgan fingerprint density at radius 3 is 2.74 bits per heavy atom. The van der Waals surface area contributed by atoms with E-state index in [9.17, 15) is 9.59 Å². The molecule has 0 saturated carbocycles. The molecule has 12 heteroatoms. The summed E-state index contributed by atoms with van der Waals surface area (Å²) in [5.74, 6) is 0.951. The van der Waals surface area contributed by atoms with E-state index in [2.05, 4.69) is 15.6 Å². The molecule has 2 atom stereocenters. The number of fused-ring (bicyclic) bond motifs is 2. The van der Waals surface area contributed by atoms with Crippen LogP contribution in [-0.2, 0) is 20.9 Å². The molecule has 6 rings (SSSR count). The van der Waals surface area contributed by atoms with Crippen LogP contribution in [0.25, 0.3) is 11.0 Å². The van der Waals surface area contributed by atoms with Gasteiger partial charge in [-0.15, -0.1) is 5.10 Å². The summed E-state index contributed by atoms with van der Waals surface area (Å²) in [7, 11) is 3.02. The summed E-state index contributed by atoms with van der Waals surface area (Å²) in [5.41, 5.74) is 2.21. The SMILES string of the molecule is COc1cccc([C@@H](C(=O)NC[C@@H]2CCCO2)N(C(=O)Cn2nnc3ccccc32)c2ccc3c(c2)OCO3)c1OC. The molecule has 3 aromatic carbocycles. The topological polar surface area (TPSA) is 126 Å². The molecule has 12 nitrogen and oxygen atoms in total. The predicted octanol–water partition coefficient (Wildman–Crippen LogP) is 3.25. The van der Waals surface area contributed by atoms with Gasteiger partial charge >= 0.3 is 0 Å². The van der Waals surface area contributed by atoms with E-state index < -0.39 is 17.9 Å². The van der Waals surface area contributed by atoms with E-state index in [1.165, 1.54) is 23.8 Å². The molecule has 2 aliphatic heterocycles. The number of benzene rings is 3. The van der Waals surface area contributed by atoms with Crippen LogP contribution in [0.2, 0.25) is 0 Å². The Hall–Kier alpha value is -4.84. The van der Waals surface area contributed by atoms with Crippen LogP contribution >= 0.6 is 0 Å². The van der Waals surface area contributed by atoms with Crippen LogP contribution < -0.4 is 29.2 Å². The van der Waals surface area contributed by atoms with E-state index in [0.29, 0.717) is 58.4 Å². The first kappa shape index (κ1) is 27.3. The van der Waals surface area contributed by atoms with Gasteiger partial charge < -0.3 is 29.0 Å². The highest BCUT2D eigenvalue weighted by Crippen LogP contribution is 2.42. The number of nitrogens with zero attached hydrogens (tertiary/aromatic N) is 4. The van der Waals surface area contributed by atoms with E-state index in [1.54, 1.807) is 36.4 Å². The molecule has 0 radical (unpaired) electrons. The number of carbonyl (C=O) groups is 2. The Kier molecular flexibility index (Phi) is 7.78. The monoisotopic (exact) mass is 573 g/mol. The molecule has 4 aromatic rings. The molecule has 0 spiro atoms. The van der Waals surface area contributed by atoms with Crippen molar-refractivity contribution >= 4 is 28.5 Å². The number of para-hydroxylation sites is 2. The number of hydrogen-bond acceptors (Lipinski definition) is 9. The zero-order chi connectivity index (χ0) is 29.1. The van der Waals surface area contributed by atoms with Crippen LogP contribution in [-0.4, -0.2) is 67.1 Å². The Balaban J connectivity index is 1.46. The van der Waals surface area contributed by atoms with Gasteiger partial charge in [0.1, 0.15) is 18.1 Å². The number of amides is 2. The quantitative estimate of drug-likeness (QED) is 0.304. The number of carbonyl (C=O) groups excluding carboxylic acids is 2. The summed E-state index contributed by atoms with van der Waals surface area (Å²) < 4.78 is 29.7. The van der Waals surface area contributed by atoms with Crippen molar-refractivity contribution in [1.29, 1.82) is 0 Å². The third-order valence-corrected chi connectivity index (χ3v) is 7.37. The van der Waals surface area contributed by atoms with Crippen molar-refractivity contribution in [2.24, 2.45) is 0 Å². The largest absolute Gasteiger partial charge is 0.493 e. The Morgan fingerprint density at radius 1 is 1.07 bits per heavy atom. The van der Waals surface area contributed by atoms with Crippen LogP contribution in [0.15, 0.2) is 60.7 Å². The molecule has 1 saturated heterocycles. The summed E-state index contributed by atoms with van der Waals surface area (Å²) in [4.78, 5) is 30.0. The van der Waals surface area contributed by atoms with Crippen molar-refractivity contribution in [2.45, 2.75) is 31.5 Å². The molecule has 1 aromatic heterocycles. The van der Waals surface area contributed by atoms with Crippen LogP contribution in [0.3, 0.4) is 0 Å². The third kappa shape index (κ3) is 5.28. The Bertz CT molecular complexity index is 1600. The number of hydrogen-bond donors (Lipinski definition) is 1. The molecule has 0 aliphatic carbocycles. The van der Waals surface area contributed by atoms with Gasteiger partial charge in [-0.3, -0.25) is 14.5 Å². The van der Waals surface area contributed by atoms with Gasteiger partial charge in [0, 0.05) is 30.5 Å². The smallest absolute Gasteiger partial charge is 0.249 e. The van der Waals surface area contributed by atoms with Crippen molar-refractivity contribution in [2.75, 3.05) is 39.1 Å². The molecule has 3 heterocycles. The Morgan fingerprint density at radius 2 is 1.93 bits per heavy atom. The number of nitrogens with one attached hydrogen (secondary N) is 1. The van der Waals surface area contributed by atoms with Gasteiger partial charge in [-0.25, -0.2) is 4.68 Å². The third-order valence-electron chi connectivity index (χ3n) is 7.37. The van der Waals surface area contributed by atoms with Crippen LogP contribution in [0.5, 0.6) is 23.0 Å². The van der Waals surface area contributed by atoms with Gasteiger partial charge in [0.25, 0.3) is 0 Å². The number of rotatable bonds is 10. The van der Waals surface area contributed by atoms with Gasteiger partial charge in [-0.1, -0.05) is 29.5 Å². The maximum absolute atomic E-state index is 14.4. The summed E-state index contributed by atoms with van der Waals surface area (Å²) in [6.45, 7) is 0.837. The normalized spacial score (nSPS) is 16.3. The van der Waals surface area contributed by atoms with Crippen LogP contribution in [0.1, 0.15) is 24.4 Å². The zero-order valence-electron chi connectivity index (χ0n) is 23.3. The standard InChI is InChI=1S/C30H31N5O7/c1-38-25-11-5-8-21(29(25)39-2)28(30(37)31-16-20-7-6-14-40-20)35(19-12-13-24-26(15-19)42-18-41-24)27(36)17-34-23-10-4-3-9-22(23)32-33-34/h3-5,8-13,15,20,28H,6-7,14,16-18H2,1-2H3,(H,31,37)/t20-,28-/m0/s1. The molecule has 42 heavy (non-hydrogen) atoms.